The van der Waals surface area contributed by atoms with E-state index < -0.39 is 0 Å². The molecule has 24 heavy (non-hydrogen) atoms. The molecule has 3 heterocycles. The number of hydrogen-bond donors (Lipinski definition) is 1. The molecule has 1 aromatic heterocycles. The van der Waals surface area contributed by atoms with Gasteiger partial charge in [0.05, 0.1) is 5.56 Å². The Balaban J connectivity index is 1.53. The lowest BCUT2D eigenvalue weighted by Crippen LogP contribution is -2.46. The molecule has 0 aliphatic carbocycles. The van der Waals surface area contributed by atoms with Gasteiger partial charge >= 0.3 is 0 Å². The first-order valence-electron chi connectivity index (χ1n) is 8.81. The van der Waals surface area contributed by atoms with E-state index in [1.807, 2.05) is 4.90 Å². The van der Waals surface area contributed by atoms with E-state index in [0.29, 0.717) is 24.6 Å². The van der Waals surface area contributed by atoms with Crippen LogP contribution in [0.15, 0.2) is 23.1 Å². The van der Waals surface area contributed by atoms with Crippen LogP contribution in [-0.2, 0) is 4.79 Å². The molecular formula is C18H25N3O3. The molecule has 130 valence electrons. The lowest BCUT2D eigenvalue weighted by molar-refractivity contribution is -0.138. The van der Waals surface area contributed by atoms with Gasteiger partial charge in [-0.25, -0.2) is 0 Å². The molecule has 3 rings (SSSR count). The predicted octanol–water partition coefficient (Wildman–Crippen LogP) is 1.49. The van der Waals surface area contributed by atoms with Gasteiger partial charge in [0.1, 0.15) is 0 Å². The van der Waals surface area contributed by atoms with E-state index in [9.17, 15) is 14.4 Å². The van der Waals surface area contributed by atoms with Crippen molar-refractivity contribution < 1.29 is 9.59 Å². The number of nitrogens with zero attached hydrogens (tertiary/aromatic N) is 2. The predicted molar refractivity (Wildman–Crippen MR) is 90.7 cm³/mol. The standard InChI is InChI=1S/C18H25N3O3/c1-13-4-8-20(9-5-13)17(23)14-6-10-21(11-7-14)18(24)15-2-3-16(22)19-12-15/h2-3,12-14H,4-11H2,1H3,(H,19,22). The highest BCUT2D eigenvalue weighted by atomic mass is 16.2. The van der Waals surface area contributed by atoms with Gasteiger partial charge in [-0.3, -0.25) is 14.4 Å². The van der Waals surface area contributed by atoms with Crippen LogP contribution < -0.4 is 5.56 Å². The second kappa shape index (κ2) is 7.20. The van der Waals surface area contributed by atoms with E-state index in [2.05, 4.69) is 11.9 Å². The summed E-state index contributed by atoms with van der Waals surface area (Å²) in [5.74, 6) is 0.936. The number of aromatic amines is 1. The maximum absolute atomic E-state index is 12.6. The van der Waals surface area contributed by atoms with Gasteiger partial charge in [0.15, 0.2) is 0 Å². The number of likely N-dealkylation sites (tertiary alicyclic amines) is 2. The van der Waals surface area contributed by atoms with E-state index in [1.54, 1.807) is 11.0 Å². The molecule has 2 saturated heterocycles. The van der Waals surface area contributed by atoms with Crippen LogP contribution in [-0.4, -0.2) is 52.8 Å². The number of aromatic nitrogens is 1. The molecule has 0 unspecified atom stereocenters. The monoisotopic (exact) mass is 331 g/mol. The van der Waals surface area contributed by atoms with E-state index in [-0.39, 0.29) is 23.3 Å². The highest BCUT2D eigenvalue weighted by molar-refractivity contribution is 5.94. The van der Waals surface area contributed by atoms with Crippen molar-refractivity contribution in [3.63, 3.8) is 0 Å². The number of rotatable bonds is 2. The Hall–Kier alpha value is -2.11. The van der Waals surface area contributed by atoms with Gasteiger partial charge in [0, 0.05) is 44.4 Å². The molecule has 2 fully saturated rings. The van der Waals surface area contributed by atoms with Crippen LogP contribution in [0.5, 0.6) is 0 Å². The molecule has 0 radical (unpaired) electrons. The molecule has 6 nitrogen and oxygen atoms in total. The van der Waals surface area contributed by atoms with Crippen molar-refractivity contribution in [1.29, 1.82) is 0 Å². The Bertz CT molecular complexity index is 633. The molecule has 0 bridgehead atoms. The number of nitrogens with one attached hydrogen (secondary N) is 1. The molecule has 0 aromatic carbocycles. The molecule has 1 N–H and O–H groups in total. The Morgan fingerprint density at radius 2 is 1.62 bits per heavy atom. The van der Waals surface area contributed by atoms with Crippen molar-refractivity contribution in [2.24, 2.45) is 11.8 Å². The topological polar surface area (TPSA) is 73.5 Å². The Morgan fingerprint density at radius 3 is 2.21 bits per heavy atom. The number of piperidine rings is 2. The van der Waals surface area contributed by atoms with Gasteiger partial charge in [0.2, 0.25) is 11.5 Å². The summed E-state index contributed by atoms with van der Waals surface area (Å²) in [7, 11) is 0. The summed E-state index contributed by atoms with van der Waals surface area (Å²) >= 11 is 0. The van der Waals surface area contributed by atoms with Crippen LogP contribution in [0.4, 0.5) is 0 Å². The van der Waals surface area contributed by atoms with E-state index >= 15 is 0 Å². The van der Waals surface area contributed by atoms with Crippen molar-refractivity contribution in [2.75, 3.05) is 26.2 Å². The summed E-state index contributed by atoms with van der Waals surface area (Å²) in [6, 6.07) is 2.91. The zero-order valence-corrected chi connectivity index (χ0v) is 14.2. The van der Waals surface area contributed by atoms with Gasteiger partial charge in [-0.1, -0.05) is 6.92 Å². The Labute approximate surface area is 141 Å². The number of carbonyl (C=O) groups excluding carboxylic acids is 2. The number of H-pyrrole nitrogens is 1. The molecule has 6 heteroatoms. The van der Waals surface area contributed by atoms with Gasteiger partial charge < -0.3 is 14.8 Å². The minimum atomic E-state index is -0.216. The number of carbonyl (C=O) groups is 2. The number of amides is 2. The molecule has 0 saturated carbocycles. The summed E-state index contributed by atoms with van der Waals surface area (Å²) in [6.07, 6.45) is 5.08. The molecule has 2 aliphatic heterocycles. The van der Waals surface area contributed by atoms with Crippen LogP contribution in [0.3, 0.4) is 0 Å². The quantitative estimate of drug-likeness (QED) is 0.892. The second-order valence-corrected chi connectivity index (χ2v) is 7.02. The highest BCUT2D eigenvalue weighted by Gasteiger charge is 2.31. The largest absolute Gasteiger partial charge is 0.342 e. The first-order chi connectivity index (χ1) is 11.5. The first kappa shape index (κ1) is 16.7. The Morgan fingerprint density at radius 1 is 1.00 bits per heavy atom. The summed E-state index contributed by atoms with van der Waals surface area (Å²) in [5, 5.41) is 0. The Kier molecular flexibility index (Phi) is 5.02. The molecule has 0 spiro atoms. The third-order valence-electron chi connectivity index (χ3n) is 5.26. The average Bonchev–Trinajstić information content (AvgIpc) is 2.62. The van der Waals surface area contributed by atoms with E-state index in [0.717, 1.165) is 38.8 Å². The lowest BCUT2D eigenvalue weighted by atomic mass is 9.92. The maximum atomic E-state index is 12.6. The SMILES string of the molecule is CC1CCN(C(=O)C2CCN(C(=O)c3ccc(=O)[nH]c3)CC2)CC1. The van der Waals surface area contributed by atoms with Gasteiger partial charge in [-0.15, -0.1) is 0 Å². The van der Waals surface area contributed by atoms with E-state index in [4.69, 9.17) is 0 Å². The third-order valence-corrected chi connectivity index (χ3v) is 5.26. The molecule has 1 aromatic rings. The fourth-order valence-corrected chi connectivity index (χ4v) is 3.54. The first-order valence-corrected chi connectivity index (χ1v) is 8.81. The van der Waals surface area contributed by atoms with Gasteiger partial charge in [0.25, 0.3) is 5.91 Å². The summed E-state index contributed by atoms with van der Waals surface area (Å²) < 4.78 is 0. The summed E-state index contributed by atoms with van der Waals surface area (Å²) in [5.41, 5.74) is 0.274. The van der Waals surface area contributed by atoms with Gasteiger partial charge in [-0.2, -0.15) is 0 Å². The van der Waals surface area contributed by atoms with Crippen LogP contribution in [0.25, 0.3) is 0 Å². The van der Waals surface area contributed by atoms with Crippen LogP contribution in [0.2, 0.25) is 0 Å². The van der Waals surface area contributed by atoms with Gasteiger partial charge in [-0.05, 0) is 37.7 Å². The van der Waals surface area contributed by atoms with Crippen LogP contribution >= 0.6 is 0 Å². The van der Waals surface area contributed by atoms with Crippen molar-refractivity contribution in [2.45, 2.75) is 32.6 Å². The lowest BCUT2D eigenvalue weighted by Gasteiger charge is -2.36. The summed E-state index contributed by atoms with van der Waals surface area (Å²) in [6.45, 7) is 5.17. The second-order valence-electron chi connectivity index (χ2n) is 7.02. The minimum absolute atomic E-state index is 0.0398. The number of hydrogen-bond acceptors (Lipinski definition) is 3. The van der Waals surface area contributed by atoms with Crippen molar-refractivity contribution in [3.05, 3.63) is 34.2 Å². The summed E-state index contributed by atoms with van der Waals surface area (Å²) in [4.78, 5) is 42.5. The molecule has 2 aliphatic rings. The van der Waals surface area contributed by atoms with Crippen LogP contribution in [0, 0.1) is 11.8 Å². The minimum Gasteiger partial charge on any atom is -0.342 e. The fourth-order valence-electron chi connectivity index (χ4n) is 3.54. The average molecular weight is 331 g/mol. The molecular weight excluding hydrogens is 306 g/mol. The van der Waals surface area contributed by atoms with Crippen molar-refractivity contribution in [3.8, 4) is 0 Å². The zero-order chi connectivity index (χ0) is 17.1. The third kappa shape index (κ3) is 3.68. The normalized spacial score (nSPS) is 20.2. The van der Waals surface area contributed by atoms with Crippen LogP contribution in [0.1, 0.15) is 43.0 Å². The fraction of sp³-hybridized carbons (Fsp3) is 0.611. The smallest absolute Gasteiger partial charge is 0.255 e. The highest BCUT2D eigenvalue weighted by Crippen LogP contribution is 2.24. The number of pyridine rings is 1. The van der Waals surface area contributed by atoms with Crippen molar-refractivity contribution >= 4 is 11.8 Å². The van der Waals surface area contributed by atoms with Crippen molar-refractivity contribution in [1.82, 2.24) is 14.8 Å². The maximum Gasteiger partial charge on any atom is 0.255 e. The zero-order valence-electron chi connectivity index (χ0n) is 14.2. The molecule has 2 amide bonds. The molecule has 0 atom stereocenters. The van der Waals surface area contributed by atoms with E-state index in [1.165, 1.54) is 12.3 Å².